The van der Waals surface area contributed by atoms with Gasteiger partial charge in [-0.15, -0.1) is 0 Å². The molecular weight excluding hydrogens is 222 g/mol. The highest BCUT2D eigenvalue weighted by molar-refractivity contribution is 5.19. The van der Waals surface area contributed by atoms with Crippen LogP contribution in [0.3, 0.4) is 0 Å². The maximum atomic E-state index is 13.1. The number of halogens is 2. The van der Waals surface area contributed by atoms with Gasteiger partial charge in [0.05, 0.1) is 5.69 Å². The van der Waals surface area contributed by atoms with E-state index in [4.69, 9.17) is 0 Å². The molecule has 1 saturated carbocycles. The van der Waals surface area contributed by atoms with Crippen LogP contribution in [0.5, 0.6) is 0 Å². The van der Waals surface area contributed by atoms with Crippen LogP contribution in [-0.2, 0) is 12.8 Å². The van der Waals surface area contributed by atoms with E-state index in [-0.39, 0.29) is 18.8 Å². The van der Waals surface area contributed by atoms with Crippen molar-refractivity contribution < 1.29 is 8.78 Å². The molecule has 1 heterocycles. The number of nitrogens with one attached hydrogen (secondary N) is 1. The van der Waals surface area contributed by atoms with Crippen molar-refractivity contribution in [3.8, 4) is 0 Å². The third-order valence-electron chi connectivity index (χ3n) is 4.08. The Bertz CT molecular complexity index is 378. The van der Waals surface area contributed by atoms with Gasteiger partial charge in [-0.3, -0.25) is 0 Å². The molecular formula is C13H18F2N2. The zero-order valence-corrected chi connectivity index (χ0v) is 9.94. The lowest BCUT2D eigenvalue weighted by atomic mass is 9.86. The average molecular weight is 240 g/mol. The van der Waals surface area contributed by atoms with E-state index < -0.39 is 5.92 Å². The number of nitrogens with zero attached hydrogens (tertiary/aromatic N) is 1. The van der Waals surface area contributed by atoms with Crippen molar-refractivity contribution in [1.82, 2.24) is 9.97 Å². The number of H-pyrrole nitrogens is 1. The highest BCUT2D eigenvalue weighted by Gasteiger charge is 2.36. The molecule has 0 amide bonds. The van der Waals surface area contributed by atoms with Crippen LogP contribution in [0.25, 0.3) is 0 Å². The molecule has 0 radical (unpaired) electrons. The fourth-order valence-corrected chi connectivity index (χ4v) is 2.98. The van der Waals surface area contributed by atoms with Crippen LogP contribution in [0.1, 0.15) is 61.7 Å². The lowest BCUT2D eigenvalue weighted by molar-refractivity contribution is -0.0387. The van der Waals surface area contributed by atoms with Crippen molar-refractivity contribution in [3.05, 3.63) is 17.2 Å². The lowest BCUT2D eigenvalue weighted by Gasteiger charge is -2.26. The van der Waals surface area contributed by atoms with Gasteiger partial charge in [0.2, 0.25) is 5.92 Å². The van der Waals surface area contributed by atoms with Crippen molar-refractivity contribution in [2.75, 3.05) is 0 Å². The monoisotopic (exact) mass is 240 g/mol. The Morgan fingerprint density at radius 3 is 2.53 bits per heavy atom. The molecule has 1 N–H and O–H groups in total. The Morgan fingerprint density at radius 2 is 1.82 bits per heavy atom. The van der Waals surface area contributed by atoms with E-state index in [1.807, 2.05) is 0 Å². The Balaban J connectivity index is 1.74. The van der Waals surface area contributed by atoms with E-state index >= 15 is 0 Å². The third-order valence-corrected chi connectivity index (χ3v) is 4.08. The van der Waals surface area contributed by atoms with E-state index in [9.17, 15) is 8.78 Å². The number of aromatic nitrogens is 2. The minimum Gasteiger partial charge on any atom is -0.345 e. The molecule has 0 saturated heterocycles. The molecule has 94 valence electrons. The molecule has 0 spiro atoms. The molecule has 0 aromatic carbocycles. The number of fused-ring (bicyclic) bond motifs is 1. The summed E-state index contributed by atoms with van der Waals surface area (Å²) in [4.78, 5) is 8.00. The normalized spacial score (nSPS) is 24.6. The van der Waals surface area contributed by atoms with E-state index in [0.717, 1.165) is 18.7 Å². The SMILES string of the molecule is FC1(F)CCC(c2nc3c([nH]2)CCCC3)CC1. The number of hydrogen-bond acceptors (Lipinski definition) is 1. The summed E-state index contributed by atoms with van der Waals surface area (Å²) in [6.45, 7) is 0. The first-order valence-electron chi connectivity index (χ1n) is 6.59. The Morgan fingerprint density at radius 1 is 1.12 bits per heavy atom. The topological polar surface area (TPSA) is 28.7 Å². The summed E-state index contributed by atoms with van der Waals surface area (Å²) in [6.07, 6.45) is 5.72. The molecule has 4 heteroatoms. The second kappa shape index (κ2) is 4.07. The fourth-order valence-electron chi connectivity index (χ4n) is 2.98. The minimum absolute atomic E-state index is 0.0169. The van der Waals surface area contributed by atoms with Gasteiger partial charge >= 0.3 is 0 Å². The second-order valence-electron chi connectivity index (χ2n) is 5.38. The number of aromatic amines is 1. The van der Waals surface area contributed by atoms with Crippen LogP contribution in [0, 0.1) is 0 Å². The maximum absolute atomic E-state index is 13.1. The molecule has 0 atom stereocenters. The van der Waals surface area contributed by atoms with Crippen LogP contribution in [0.15, 0.2) is 0 Å². The highest BCUT2D eigenvalue weighted by atomic mass is 19.3. The van der Waals surface area contributed by atoms with Crippen LogP contribution in [0.2, 0.25) is 0 Å². The van der Waals surface area contributed by atoms with Gasteiger partial charge in [-0.1, -0.05) is 0 Å². The summed E-state index contributed by atoms with van der Waals surface area (Å²) in [5.74, 6) is -1.25. The van der Waals surface area contributed by atoms with Gasteiger partial charge < -0.3 is 4.98 Å². The molecule has 0 unspecified atom stereocenters. The van der Waals surface area contributed by atoms with Gasteiger partial charge in [-0.05, 0) is 38.5 Å². The van der Waals surface area contributed by atoms with Gasteiger partial charge in [-0.25, -0.2) is 13.8 Å². The summed E-state index contributed by atoms with van der Waals surface area (Å²) in [5, 5.41) is 0. The van der Waals surface area contributed by atoms with Crippen molar-refractivity contribution in [2.24, 2.45) is 0 Å². The third kappa shape index (κ3) is 2.22. The van der Waals surface area contributed by atoms with Gasteiger partial charge in [0.25, 0.3) is 0 Å². The number of rotatable bonds is 1. The molecule has 2 nitrogen and oxygen atoms in total. The lowest BCUT2D eigenvalue weighted by Crippen LogP contribution is -2.24. The van der Waals surface area contributed by atoms with Gasteiger partial charge in [0.1, 0.15) is 5.82 Å². The molecule has 17 heavy (non-hydrogen) atoms. The Labute approximate surface area is 99.8 Å². The van der Waals surface area contributed by atoms with Crippen molar-refractivity contribution in [1.29, 1.82) is 0 Å². The molecule has 2 aliphatic carbocycles. The van der Waals surface area contributed by atoms with Crippen molar-refractivity contribution in [2.45, 2.75) is 63.2 Å². The van der Waals surface area contributed by atoms with E-state index in [1.54, 1.807) is 0 Å². The zero-order chi connectivity index (χ0) is 11.9. The summed E-state index contributed by atoms with van der Waals surface area (Å²) in [5.41, 5.74) is 2.44. The van der Waals surface area contributed by atoms with Crippen molar-refractivity contribution >= 4 is 0 Å². The van der Waals surface area contributed by atoms with Crippen LogP contribution in [0.4, 0.5) is 8.78 Å². The van der Waals surface area contributed by atoms with E-state index in [2.05, 4.69) is 9.97 Å². The molecule has 0 bridgehead atoms. The van der Waals surface area contributed by atoms with E-state index in [1.165, 1.54) is 24.2 Å². The predicted octanol–water partition coefficient (Wildman–Crippen LogP) is 3.58. The summed E-state index contributed by atoms with van der Waals surface area (Å²) in [6, 6.07) is 0. The second-order valence-corrected chi connectivity index (χ2v) is 5.38. The highest BCUT2D eigenvalue weighted by Crippen LogP contribution is 2.40. The quantitative estimate of drug-likeness (QED) is 0.798. The zero-order valence-electron chi connectivity index (χ0n) is 9.94. The number of imidazole rings is 1. The van der Waals surface area contributed by atoms with Crippen LogP contribution >= 0.6 is 0 Å². The predicted molar refractivity (Wildman–Crippen MR) is 61.4 cm³/mol. The first kappa shape index (κ1) is 11.2. The Kier molecular flexibility index (Phi) is 2.68. The minimum atomic E-state index is -2.44. The summed E-state index contributed by atoms with van der Waals surface area (Å²) in [7, 11) is 0. The molecule has 1 aromatic rings. The van der Waals surface area contributed by atoms with Gasteiger partial charge in [-0.2, -0.15) is 0 Å². The Hall–Kier alpha value is -0.930. The van der Waals surface area contributed by atoms with Crippen LogP contribution in [-0.4, -0.2) is 15.9 Å². The summed E-state index contributed by atoms with van der Waals surface area (Å²) >= 11 is 0. The van der Waals surface area contributed by atoms with Crippen LogP contribution < -0.4 is 0 Å². The first-order valence-corrected chi connectivity index (χ1v) is 6.59. The van der Waals surface area contributed by atoms with E-state index in [0.29, 0.717) is 12.8 Å². The molecule has 2 aliphatic rings. The standard InChI is InChI=1S/C13H18F2N2/c14-13(15)7-5-9(6-8-13)12-16-10-3-1-2-4-11(10)17-12/h9H,1-8H2,(H,16,17). The first-order chi connectivity index (χ1) is 8.14. The molecule has 0 aliphatic heterocycles. The molecule has 1 fully saturated rings. The smallest absolute Gasteiger partial charge is 0.248 e. The molecule has 1 aromatic heterocycles. The maximum Gasteiger partial charge on any atom is 0.248 e. The number of alkyl halides is 2. The molecule has 3 rings (SSSR count). The number of hydrogen-bond donors (Lipinski definition) is 1. The van der Waals surface area contributed by atoms with Crippen molar-refractivity contribution in [3.63, 3.8) is 0 Å². The van der Waals surface area contributed by atoms with Gasteiger partial charge in [0.15, 0.2) is 0 Å². The largest absolute Gasteiger partial charge is 0.345 e. The fraction of sp³-hybridized carbons (Fsp3) is 0.769. The summed E-state index contributed by atoms with van der Waals surface area (Å²) < 4.78 is 26.2. The van der Waals surface area contributed by atoms with Gasteiger partial charge in [0, 0.05) is 24.5 Å². The number of aryl methyl sites for hydroxylation is 2. The average Bonchev–Trinajstić information content (AvgIpc) is 2.72.